The Morgan fingerprint density at radius 2 is 2.00 bits per heavy atom. The minimum Gasteiger partial charge on any atom is -0.372 e. The van der Waals surface area contributed by atoms with Gasteiger partial charge in [0.15, 0.2) is 0 Å². The SMILES string of the molecule is Cn1c(N2CCCOC(c3ccccc3)C2)nc(-c2ccncn2)cc1=O. The molecule has 1 aliphatic heterocycles. The van der Waals surface area contributed by atoms with E-state index in [1.807, 2.05) is 18.2 Å². The van der Waals surface area contributed by atoms with Gasteiger partial charge < -0.3 is 9.64 Å². The van der Waals surface area contributed by atoms with Gasteiger partial charge in [-0.3, -0.25) is 9.36 Å². The predicted molar refractivity (Wildman–Crippen MR) is 102 cm³/mol. The van der Waals surface area contributed by atoms with Gasteiger partial charge in [-0.2, -0.15) is 0 Å². The van der Waals surface area contributed by atoms with Gasteiger partial charge in [0, 0.05) is 32.5 Å². The predicted octanol–water partition coefficient (Wildman–Crippen LogP) is 2.21. The number of hydrogen-bond donors (Lipinski definition) is 0. The molecule has 0 aliphatic carbocycles. The molecule has 1 fully saturated rings. The minimum absolute atomic E-state index is 0.0618. The first-order valence-corrected chi connectivity index (χ1v) is 8.98. The molecular weight excluding hydrogens is 342 g/mol. The van der Waals surface area contributed by atoms with Gasteiger partial charge in [0.05, 0.1) is 17.9 Å². The topological polar surface area (TPSA) is 73.1 Å². The van der Waals surface area contributed by atoms with Crippen molar-refractivity contribution in [2.24, 2.45) is 7.05 Å². The summed E-state index contributed by atoms with van der Waals surface area (Å²) in [6, 6.07) is 13.4. The Morgan fingerprint density at radius 1 is 1.15 bits per heavy atom. The number of ether oxygens (including phenoxy) is 1. The Kier molecular flexibility index (Phi) is 4.93. The first-order chi connectivity index (χ1) is 13.2. The molecule has 0 N–H and O–H groups in total. The van der Waals surface area contributed by atoms with Gasteiger partial charge >= 0.3 is 0 Å². The largest absolute Gasteiger partial charge is 0.372 e. The summed E-state index contributed by atoms with van der Waals surface area (Å²) in [4.78, 5) is 27.5. The fraction of sp³-hybridized carbons (Fsp3) is 0.300. The molecular formula is C20H21N5O2. The zero-order valence-electron chi connectivity index (χ0n) is 15.2. The summed E-state index contributed by atoms with van der Waals surface area (Å²) in [5.74, 6) is 0.627. The van der Waals surface area contributed by atoms with Crippen LogP contribution in [0.3, 0.4) is 0 Å². The molecule has 1 aromatic carbocycles. The van der Waals surface area contributed by atoms with Gasteiger partial charge in [-0.25, -0.2) is 15.0 Å². The second-order valence-electron chi connectivity index (χ2n) is 6.50. The van der Waals surface area contributed by atoms with Crippen LogP contribution >= 0.6 is 0 Å². The third kappa shape index (κ3) is 3.73. The van der Waals surface area contributed by atoms with E-state index in [2.05, 4.69) is 27.0 Å². The molecule has 1 saturated heterocycles. The van der Waals surface area contributed by atoms with Crippen molar-refractivity contribution in [1.82, 2.24) is 19.5 Å². The lowest BCUT2D eigenvalue weighted by atomic mass is 10.1. The first-order valence-electron chi connectivity index (χ1n) is 8.98. The first kappa shape index (κ1) is 17.4. The average Bonchev–Trinajstić information content (AvgIpc) is 2.97. The van der Waals surface area contributed by atoms with E-state index >= 15 is 0 Å². The highest BCUT2D eigenvalue weighted by Crippen LogP contribution is 2.25. The molecule has 4 rings (SSSR count). The molecule has 138 valence electrons. The van der Waals surface area contributed by atoms with Gasteiger partial charge in [-0.1, -0.05) is 30.3 Å². The number of aromatic nitrogens is 4. The second kappa shape index (κ2) is 7.67. The fourth-order valence-corrected chi connectivity index (χ4v) is 3.26. The molecule has 0 saturated carbocycles. The van der Waals surface area contributed by atoms with Crippen molar-refractivity contribution in [3.05, 3.63) is 70.9 Å². The van der Waals surface area contributed by atoms with E-state index in [0.29, 0.717) is 30.5 Å². The van der Waals surface area contributed by atoms with E-state index in [1.165, 1.54) is 12.4 Å². The monoisotopic (exact) mass is 363 g/mol. The smallest absolute Gasteiger partial charge is 0.255 e. The molecule has 0 spiro atoms. The van der Waals surface area contributed by atoms with Crippen LogP contribution in [0.25, 0.3) is 11.4 Å². The lowest BCUT2D eigenvalue weighted by Gasteiger charge is -2.26. The van der Waals surface area contributed by atoms with Crippen LogP contribution in [0, 0.1) is 0 Å². The van der Waals surface area contributed by atoms with E-state index in [9.17, 15) is 4.79 Å². The summed E-state index contributed by atoms with van der Waals surface area (Å²) in [5.41, 5.74) is 2.20. The lowest BCUT2D eigenvalue weighted by Crippen LogP contribution is -2.34. The standard InChI is InChI=1S/C20H21N5O2/c1-24-19(26)12-17(16-8-9-21-14-22-16)23-20(24)25-10-5-11-27-18(13-25)15-6-3-2-4-7-15/h2-4,6-9,12,14,18H,5,10-11,13H2,1H3. The Balaban J connectivity index is 1.71. The maximum absolute atomic E-state index is 12.5. The van der Waals surface area contributed by atoms with Crippen LogP contribution in [0.5, 0.6) is 0 Å². The Hall–Kier alpha value is -3.06. The van der Waals surface area contributed by atoms with Crippen LogP contribution in [0.2, 0.25) is 0 Å². The van der Waals surface area contributed by atoms with Crippen LogP contribution in [0.1, 0.15) is 18.1 Å². The van der Waals surface area contributed by atoms with Crippen molar-refractivity contribution in [3.63, 3.8) is 0 Å². The second-order valence-corrected chi connectivity index (χ2v) is 6.50. The Morgan fingerprint density at radius 3 is 2.78 bits per heavy atom. The molecule has 0 amide bonds. The van der Waals surface area contributed by atoms with E-state index in [-0.39, 0.29) is 11.7 Å². The maximum Gasteiger partial charge on any atom is 0.255 e. The summed E-state index contributed by atoms with van der Waals surface area (Å²) >= 11 is 0. The molecule has 7 heteroatoms. The van der Waals surface area contributed by atoms with Crippen molar-refractivity contribution < 1.29 is 4.74 Å². The van der Waals surface area contributed by atoms with E-state index in [0.717, 1.165) is 18.5 Å². The van der Waals surface area contributed by atoms with Crippen molar-refractivity contribution in [3.8, 4) is 11.4 Å². The molecule has 7 nitrogen and oxygen atoms in total. The summed E-state index contributed by atoms with van der Waals surface area (Å²) in [5, 5.41) is 0. The fourth-order valence-electron chi connectivity index (χ4n) is 3.26. The van der Waals surface area contributed by atoms with Crippen molar-refractivity contribution in [1.29, 1.82) is 0 Å². The zero-order valence-corrected chi connectivity index (χ0v) is 15.2. The van der Waals surface area contributed by atoms with Gasteiger partial charge in [-0.15, -0.1) is 0 Å². The van der Waals surface area contributed by atoms with Crippen LogP contribution < -0.4 is 10.5 Å². The summed E-state index contributed by atoms with van der Waals surface area (Å²) in [7, 11) is 1.75. The highest BCUT2D eigenvalue weighted by Gasteiger charge is 2.23. The van der Waals surface area contributed by atoms with Gasteiger partial charge in [0.2, 0.25) is 5.95 Å². The summed E-state index contributed by atoms with van der Waals surface area (Å²) in [6.45, 7) is 2.09. The molecule has 1 unspecified atom stereocenters. The molecule has 27 heavy (non-hydrogen) atoms. The molecule has 3 heterocycles. The molecule has 3 aromatic rings. The third-order valence-corrected chi connectivity index (χ3v) is 4.69. The lowest BCUT2D eigenvalue weighted by molar-refractivity contribution is 0.0685. The minimum atomic E-state index is -0.116. The van der Waals surface area contributed by atoms with Gasteiger partial charge in [0.1, 0.15) is 12.4 Å². The molecule has 1 atom stereocenters. The molecule has 2 aromatic heterocycles. The molecule has 1 aliphatic rings. The van der Waals surface area contributed by atoms with Crippen LogP contribution in [-0.2, 0) is 11.8 Å². The summed E-state index contributed by atoms with van der Waals surface area (Å²) in [6.07, 6.45) is 3.91. The van der Waals surface area contributed by atoms with E-state index in [4.69, 9.17) is 9.72 Å². The molecule has 0 radical (unpaired) electrons. The Labute approximate surface area is 157 Å². The van der Waals surface area contributed by atoms with Crippen molar-refractivity contribution >= 4 is 5.95 Å². The average molecular weight is 363 g/mol. The van der Waals surface area contributed by atoms with Gasteiger partial charge in [0.25, 0.3) is 5.56 Å². The number of anilines is 1. The van der Waals surface area contributed by atoms with Crippen molar-refractivity contribution in [2.45, 2.75) is 12.5 Å². The number of rotatable bonds is 3. The van der Waals surface area contributed by atoms with Crippen LogP contribution in [0.4, 0.5) is 5.95 Å². The third-order valence-electron chi connectivity index (χ3n) is 4.69. The normalized spacial score (nSPS) is 17.5. The van der Waals surface area contributed by atoms with Crippen LogP contribution in [-0.4, -0.2) is 39.2 Å². The van der Waals surface area contributed by atoms with Crippen LogP contribution in [0.15, 0.2) is 59.8 Å². The van der Waals surface area contributed by atoms with Crippen molar-refractivity contribution in [2.75, 3.05) is 24.6 Å². The van der Waals surface area contributed by atoms with Gasteiger partial charge in [-0.05, 0) is 18.1 Å². The number of hydrogen-bond acceptors (Lipinski definition) is 6. The summed E-state index contributed by atoms with van der Waals surface area (Å²) < 4.78 is 7.63. The highest BCUT2D eigenvalue weighted by molar-refractivity contribution is 5.55. The quantitative estimate of drug-likeness (QED) is 0.710. The number of benzene rings is 1. The molecule has 0 bridgehead atoms. The Bertz CT molecular complexity index is 959. The maximum atomic E-state index is 12.5. The van der Waals surface area contributed by atoms with E-state index in [1.54, 1.807) is 23.9 Å². The highest BCUT2D eigenvalue weighted by atomic mass is 16.5. The number of nitrogens with zero attached hydrogens (tertiary/aromatic N) is 5. The van der Waals surface area contributed by atoms with E-state index < -0.39 is 0 Å². The zero-order chi connectivity index (χ0) is 18.6.